The molecule has 0 radical (unpaired) electrons. The van der Waals surface area contributed by atoms with Crippen LogP contribution in [0, 0.1) is 5.82 Å². The summed E-state index contributed by atoms with van der Waals surface area (Å²) in [4.78, 5) is 11.4. The number of sulfonamides is 1. The van der Waals surface area contributed by atoms with Crippen LogP contribution in [-0.4, -0.2) is 24.6 Å². The highest BCUT2D eigenvalue weighted by Gasteiger charge is 2.13. The number of hydrogen-bond donors (Lipinski definition) is 4. The number of nitrogens with one attached hydrogen (secondary N) is 3. The molecule has 8 nitrogen and oxygen atoms in total. The highest BCUT2D eigenvalue weighted by atomic mass is 32.2. The summed E-state index contributed by atoms with van der Waals surface area (Å²) in [5.41, 5.74) is 0.786. The molecular formula is C13H16FN5O3S. The van der Waals surface area contributed by atoms with Crippen LogP contribution in [0.1, 0.15) is 25.5 Å². The Morgan fingerprint density at radius 2 is 1.96 bits per heavy atom. The molecule has 0 bridgehead atoms. The number of hydrogen-bond acceptors (Lipinski definition) is 4. The molecule has 1 aromatic heterocycles. The first-order valence-corrected chi connectivity index (χ1v) is 8.16. The number of nitrogens with two attached hydrogens (primary N) is 1. The second-order valence-electron chi connectivity index (χ2n) is 5.16. The number of amides is 2. The van der Waals surface area contributed by atoms with E-state index >= 15 is 0 Å². The van der Waals surface area contributed by atoms with Crippen LogP contribution in [0.15, 0.2) is 29.2 Å². The van der Waals surface area contributed by atoms with Gasteiger partial charge in [-0.1, -0.05) is 13.8 Å². The minimum absolute atomic E-state index is 0.0499. The van der Waals surface area contributed by atoms with Gasteiger partial charge in [-0.15, -0.1) is 0 Å². The zero-order valence-corrected chi connectivity index (χ0v) is 13.2. The summed E-state index contributed by atoms with van der Waals surface area (Å²) >= 11 is 0. The second-order valence-corrected chi connectivity index (χ2v) is 6.72. The Bertz CT molecular complexity index is 832. The van der Waals surface area contributed by atoms with Gasteiger partial charge >= 0.3 is 6.03 Å². The Kier molecular flexibility index (Phi) is 4.66. The zero-order chi connectivity index (χ0) is 17.2. The van der Waals surface area contributed by atoms with Crippen LogP contribution >= 0.6 is 0 Å². The van der Waals surface area contributed by atoms with Gasteiger partial charge in [-0.05, 0) is 24.1 Å². The number of H-pyrrole nitrogens is 1. The summed E-state index contributed by atoms with van der Waals surface area (Å²) in [6, 6.07) is 3.75. The fourth-order valence-corrected chi connectivity index (χ4v) is 2.34. The van der Waals surface area contributed by atoms with Gasteiger partial charge in [-0.2, -0.15) is 5.10 Å². The Labute approximate surface area is 132 Å². The van der Waals surface area contributed by atoms with Crippen LogP contribution in [0.5, 0.6) is 0 Å². The molecule has 1 aromatic carbocycles. The van der Waals surface area contributed by atoms with Crippen LogP contribution in [0.3, 0.4) is 0 Å². The van der Waals surface area contributed by atoms with E-state index in [1.165, 1.54) is 0 Å². The Hall–Kier alpha value is -2.46. The van der Waals surface area contributed by atoms with Crippen molar-refractivity contribution >= 4 is 27.6 Å². The van der Waals surface area contributed by atoms with Crippen molar-refractivity contribution in [2.45, 2.75) is 24.7 Å². The third-order valence-electron chi connectivity index (χ3n) is 2.92. The number of benzene rings is 1. The van der Waals surface area contributed by atoms with Gasteiger partial charge in [0.1, 0.15) is 5.82 Å². The quantitative estimate of drug-likeness (QED) is 0.677. The van der Waals surface area contributed by atoms with E-state index in [9.17, 15) is 17.6 Å². The number of nitrogens with zero attached hydrogens (tertiary/aromatic N) is 1. The number of halogens is 1. The molecule has 2 rings (SSSR count). The molecule has 2 aromatic rings. The number of anilines is 2. The molecule has 0 aliphatic rings. The van der Waals surface area contributed by atoms with E-state index in [4.69, 9.17) is 5.14 Å². The van der Waals surface area contributed by atoms with Gasteiger partial charge in [0.05, 0.1) is 4.90 Å². The van der Waals surface area contributed by atoms with Crippen LogP contribution < -0.4 is 15.8 Å². The maximum Gasteiger partial charge on any atom is 0.324 e. The van der Waals surface area contributed by atoms with Crippen LogP contribution in [-0.2, 0) is 10.0 Å². The lowest BCUT2D eigenvalue weighted by molar-refractivity contribution is 0.262. The van der Waals surface area contributed by atoms with Crippen molar-refractivity contribution in [3.05, 3.63) is 35.8 Å². The standard InChI is InChI=1S/C13H16FN5O3S/c1-7(2)11-6-12(19-18-11)17-13(20)16-9-3-8(14)4-10(5-9)23(15,21)22/h3-7H,1-2H3,(H2,15,21,22)(H3,16,17,18,19,20). The summed E-state index contributed by atoms with van der Waals surface area (Å²) in [6.07, 6.45) is 0. The third kappa shape index (κ3) is 4.50. The molecule has 0 unspecified atom stereocenters. The number of carbonyl (C=O) groups is 1. The van der Waals surface area contributed by atoms with Gasteiger partial charge in [0, 0.05) is 17.4 Å². The van der Waals surface area contributed by atoms with Crippen molar-refractivity contribution in [2.75, 3.05) is 10.6 Å². The molecule has 0 atom stereocenters. The number of rotatable bonds is 4. The number of aromatic nitrogens is 2. The van der Waals surface area contributed by atoms with Gasteiger partial charge in [0.2, 0.25) is 10.0 Å². The van der Waals surface area contributed by atoms with E-state index < -0.39 is 26.8 Å². The first-order valence-electron chi connectivity index (χ1n) is 6.62. The van der Waals surface area contributed by atoms with Crippen molar-refractivity contribution in [3.8, 4) is 0 Å². The minimum atomic E-state index is -4.08. The smallest absolute Gasteiger partial charge is 0.308 e. The lowest BCUT2D eigenvalue weighted by Gasteiger charge is -2.07. The Balaban J connectivity index is 2.12. The highest BCUT2D eigenvalue weighted by Crippen LogP contribution is 2.18. The van der Waals surface area contributed by atoms with Gasteiger partial charge in [0.25, 0.3) is 0 Å². The summed E-state index contributed by atoms with van der Waals surface area (Å²) in [5.74, 6) is -0.343. The van der Waals surface area contributed by atoms with E-state index in [2.05, 4.69) is 20.8 Å². The minimum Gasteiger partial charge on any atom is -0.308 e. The lowest BCUT2D eigenvalue weighted by Crippen LogP contribution is -2.20. The summed E-state index contributed by atoms with van der Waals surface area (Å²) in [6.45, 7) is 3.91. The maximum atomic E-state index is 13.4. The van der Waals surface area contributed by atoms with Crippen LogP contribution in [0.25, 0.3) is 0 Å². The second kappa shape index (κ2) is 6.34. The predicted octanol–water partition coefficient (Wildman–Crippen LogP) is 1.96. The van der Waals surface area contributed by atoms with Crippen molar-refractivity contribution < 1.29 is 17.6 Å². The molecule has 5 N–H and O–H groups in total. The van der Waals surface area contributed by atoms with E-state index in [-0.39, 0.29) is 17.4 Å². The fraction of sp³-hybridized carbons (Fsp3) is 0.231. The molecule has 0 spiro atoms. The molecule has 0 aliphatic heterocycles. The first kappa shape index (κ1) is 16.9. The maximum absolute atomic E-state index is 13.4. The van der Waals surface area contributed by atoms with Gasteiger partial charge in [-0.25, -0.2) is 22.7 Å². The SMILES string of the molecule is CC(C)c1cc(NC(=O)Nc2cc(F)cc(S(N)(=O)=O)c2)n[nH]1. The molecular weight excluding hydrogens is 325 g/mol. The van der Waals surface area contributed by atoms with Crippen molar-refractivity contribution in [1.29, 1.82) is 0 Å². The highest BCUT2D eigenvalue weighted by molar-refractivity contribution is 7.89. The fourth-order valence-electron chi connectivity index (χ4n) is 1.77. The van der Waals surface area contributed by atoms with Crippen molar-refractivity contribution in [2.24, 2.45) is 5.14 Å². The van der Waals surface area contributed by atoms with E-state index in [0.29, 0.717) is 0 Å². The lowest BCUT2D eigenvalue weighted by atomic mass is 10.1. The molecule has 0 fully saturated rings. The third-order valence-corrected chi connectivity index (χ3v) is 3.81. The predicted molar refractivity (Wildman–Crippen MR) is 83.1 cm³/mol. The molecule has 1 heterocycles. The average Bonchev–Trinajstić information content (AvgIpc) is 2.85. The summed E-state index contributed by atoms with van der Waals surface area (Å²) in [5, 5.41) is 16.4. The number of urea groups is 1. The first-order chi connectivity index (χ1) is 10.6. The molecule has 10 heteroatoms. The number of aromatic amines is 1. The van der Waals surface area contributed by atoms with E-state index in [1.54, 1.807) is 6.07 Å². The molecule has 0 saturated carbocycles. The van der Waals surface area contributed by atoms with Crippen LogP contribution in [0.4, 0.5) is 20.7 Å². The normalized spacial score (nSPS) is 11.5. The molecule has 2 amide bonds. The monoisotopic (exact) mass is 341 g/mol. The Morgan fingerprint density at radius 3 is 2.52 bits per heavy atom. The van der Waals surface area contributed by atoms with E-state index in [1.807, 2.05) is 13.8 Å². The molecule has 124 valence electrons. The zero-order valence-electron chi connectivity index (χ0n) is 12.4. The van der Waals surface area contributed by atoms with Gasteiger partial charge in [-0.3, -0.25) is 10.4 Å². The number of primary sulfonamides is 1. The molecule has 23 heavy (non-hydrogen) atoms. The van der Waals surface area contributed by atoms with E-state index in [0.717, 1.165) is 23.9 Å². The van der Waals surface area contributed by atoms with Crippen molar-refractivity contribution in [3.63, 3.8) is 0 Å². The summed E-state index contributed by atoms with van der Waals surface area (Å²) < 4.78 is 35.9. The van der Waals surface area contributed by atoms with Crippen LogP contribution in [0.2, 0.25) is 0 Å². The molecule has 0 aliphatic carbocycles. The number of carbonyl (C=O) groups excluding carboxylic acids is 1. The molecule has 0 saturated heterocycles. The van der Waals surface area contributed by atoms with Crippen molar-refractivity contribution in [1.82, 2.24) is 10.2 Å². The van der Waals surface area contributed by atoms with Gasteiger partial charge < -0.3 is 5.32 Å². The topological polar surface area (TPSA) is 130 Å². The summed E-state index contributed by atoms with van der Waals surface area (Å²) in [7, 11) is -4.08. The Morgan fingerprint density at radius 1 is 1.26 bits per heavy atom. The van der Waals surface area contributed by atoms with Gasteiger partial charge in [0.15, 0.2) is 5.82 Å². The average molecular weight is 341 g/mol. The largest absolute Gasteiger partial charge is 0.324 e.